The molecule has 1 aliphatic rings. The third kappa shape index (κ3) is 11.1. The molecule has 11 heteroatoms. The number of amides is 2. The van der Waals surface area contributed by atoms with Gasteiger partial charge in [0.05, 0.1) is 6.61 Å². The van der Waals surface area contributed by atoms with E-state index in [1.807, 2.05) is 66.9 Å². The molecule has 2 aromatic heterocycles. The van der Waals surface area contributed by atoms with Gasteiger partial charge in [-0.05, 0) is 76.8 Å². The Morgan fingerprint density at radius 2 is 1.50 bits per heavy atom. The molecule has 0 saturated heterocycles. The van der Waals surface area contributed by atoms with E-state index in [0.717, 1.165) is 64.0 Å². The van der Waals surface area contributed by atoms with Gasteiger partial charge in [-0.3, -0.25) is 9.59 Å². The predicted molar refractivity (Wildman–Crippen MR) is 228 cm³/mol. The molecular weight excluding hydrogens is 729 g/mol. The highest BCUT2D eigenvalue weighted by atomic mass is 16.5. The van der Waals surface area contributed by atoms with Crippen LogP contribution in [0.2, 0.25) is 0 Å². The first-order chi connectivity index (χ1) is 28.0. The fourth-order valence-electron chi connectivity index (χ4n) is 6.98. The topological polar surface area (TPSA) is 159 Å². The van der Waals surface area contributed by atoms with Crippen molar-refractivity contribution in [1.82, 2.24) is 25.6 Å². The standard InChI is InChI=1S/C47H54N6O5/c1-5-6-7-8-9-25-58-38-22-18-32(19-23-38)36-29-49-42(50-30-36)33-14-12-31(13-15-33)26-40(52-44(54)34-16-20-37(21-17-34)47(2,3)4)45(55)53-41(46(56)57)27-35-28-51-43-39(35)11-10-24-48-43/h12-24,28-30,40-41,51H,5-11,25-27H2,1-4H3,(H,52,54)(H,53,55)(H,56,57)/t40-,41?/m0/s1. The normalized spacial score (nSPS) is 13.3. The van der Waals surface area contributed by atoms with Crippen LogP contribution in [0.5, 0.6) is 5.75 Å². The third-order valence-corrected chi connectivity index (χ3v) is 10.5. The maximum atomic E-state index is 13.9. The van der Waals surface area contributed by atoms with Crippen molar-refractivity contribution in [2.75, 3.05) is 6.61 Å². The smallest absolute Gasteiger partial charge is 0.326 e. The minimum absolute atomic E-state index is 0.0732. The van der Waals surface area contributed by atoms with Crippen LogP contribution in [0.25, 0.3) is 22.5 Å². The van der Waals surface area contributed by atoms with Crippen molar-refractivity contribution in [3.8, 4) is 28.3 Å². The minimum atomic E-state index is -1.22. The zero-order valence-electron chi connectivity index (χ0n) is 33.9. The van der Waals surface area contributed by atoms with Gasteiger partial charge in [0, 0.05) is 54.3 Å². The van der Waals surface area contributed by atoms with Crippen LogP contribution in [0.15, 0.2) is 96.4 Å². The van der Waals surface area contributed by atoms with Crippen molar-refractivity contribution < 1.29 is 24.2 Å². The number of ether oxygens (including phenoxy) is 1. The number of carboxylic acids is 1. The monoisotopic (exact) mass is 782 g/mol. The average Bonchev–Trinajstić information content (AvgIpc) is 3.64. The third-order valence-electron chi connectivity index (χ3n) is 10.5. The Hall–Kier alpha value is -6.10. The van der Waals surface area contributed by atoms with Gasteiger partial charge in [-0.2, -0.15) is 0 Å². The van der Waals surface area contributed by atoms with Gasteiger partial charge in [-0.1, -0.05) is 102 Å². The summed E-state index contributed by atoms with van der Waals surface area (Å²) in [6.07, 6.45) is 14.8. The second-order valence-electron chi connectivity index (χ2n) is 15.9. The Morgan fingerprint density at radius 3 is 2.17 bits per heavy atom. The van der Waals surface area contributed by atoms with Gasteiger partial charge < -0.3 is 25.5 Å². The summed E-state index contributed by atoms with van der Waals surface area (Å²) in [7, 11) is 0. The van der Waals surface area contributed by atoms with E-state index < -0.39 is 29.9 Å². The van der Waals surface area contributed by atoms with Crippen LogP contribution in [-0.2, 0) is 34.3 Å². The highest BCUT2D eigenvalue weighted by molar-refractivity contribution is 5.98. The summed E-state index contributed by atoms with van der Waals surface area (Å²) in [6.45, 7) is 9.21. The van der Waals surface area contributed by atoms with Gasteiger partial charge in [-0.15, -0.1) is 0 Å². The van der Waals surface area contributed by atoms with Gasteiger partial charge in [-0.25, -0.2) is 19.8 Å². The number of carboxylic acid groups (broad SMARTS) is 1. The lowest BCUT2D eigenvalue weighted by Crippen LogP contribution is -2.53. The number of H-pyrrole nitrogens is 1. The molecule has 1 unspecified atom stereocenters. The molecule has 0 aliphatic carbocycles. The van der Waals surface area contributed by atoms with Crippen LogP contribution in [0.4, 0.5) is 5.82 Å². The van der Waals surface area contributed by atoms with Crippen molar-refractivity contribution in [1.29, 1.82) is 0 Å². The maximum Gasteiger partial charge on any atom is 0.326 e. The molecule has 0 bridgehead atoms. The van der Waals surface area contributed by atoms with Gasteiger partial charge in [0.25, 0.3) is 5.91 Å². The fraction of sp³-hybridized carbons (Fsp3) is 0.362. The number of hydrogen-bond acceptors (Lipinski definition) is 7. The van der Waals surface area contributed by atoms with Gasteiger partial charge in [0.1, 0.15) is 23.7 Å². The fourth-order valence-corrected chi connectivity index (χ4v) is 6.98. The summed E-state index contributed by atoms with van der Waals surface area (Å²) in [5, 5.41) is 15.8. The second-order valence-corrected chi connectivity index (χ2v) is 15.9. The summed E-state index contributed by atoms with van der Waals surface area (Å²) in [5.74, 6) is -0.104. The van der Waals surface area contributed by atoms with E-state index >= 15 is 0 Å². The first-order valence-electron chi connectivity index (χ1n) is 20.3. The number of aromatic nitrogens is 3. The number of aliphatic carboxylic acids is 1. The molecule has 58 heavy (non-hydrogen) atoms. The van der Waals surface area contributed by atoms with Gasteiger partial charge in [0.2, 0.25) is 5.91 Å². The summed E-state index contributed by atoms with van der Waals surface area (Å²) in [5.41, 5.74) is 6.53. The van der Waals surface area contributed by atoms with Crippen LogP contribution in [0.3, 0.4) is 0 Å². The van der Waals surface area contributed by atoms with Crippen LogP contribution in [0, 0.1) is 0 Å². The van der Waals surface area contributed by atoms with E-state index in [9.17, 15) is 19.5 Å². The van der Waals surface area contributed by atoms with Gasteiger partial charge >= 0.3 is 5.97 Å². The lowest BCUT2D eigenvalue weighted by molar-refractivity contribution is -0.142. The first kappa shape index (κ1) is 41.5. The van der Waals surface area contributed by atoms with Crippen LogP contribution in [-0.4, -0.2) is 62.7 Å². The average molecular weight is 783 g/mol. The molecule has 1 aliphatic heterocycles. The van der Waals surface area contributed by atoms with E-state index in [0.29, 0.717) is 23.8 Å². The van der Waals surface area contributed by atoms with E-state index in [4.69, 9.17) is 4.74 Å². The molecule has 11 nitrogen and oxygen atoms in total. The molecule has 6 rings (SSSR count). The van der Waals surface area contributed by atoms with E-state index in [2.05, 4.69) is 58.3 Å². The molecule has 0 radical (unpaired) electrons. The number of fused-ring (bicyclic) bond motifs is 1. The molecular formula is C47H54N6O5. The Bertz CT molecular complexity index is 2170. The number of carbonyl (C=O) groups is 3. The zero-order valence-corrected chi connectivity index (χ0v) is 33.9. The van der Waals surface area contributed by atoms with Gasteiger partial charge in [0.15, 0.2) is 5.82 Å². The molecule has 5 aromatic rings. The molecule has 3 aromatic carbocycles. The summed E-state index contributed by atoms with van der Waals surface area (Å²) < 4.78 is 5.91. The van der Waals surface area contributed by atoms with E-state index in [1.54, 1.807) is 30.7 Å². The molecule has 2 amide bonds. The number of benzene rings is 3. The van der Waals surface area contributed by atoms with Crippen molar-refractivity contribution in [2.45, 2.75) is 103 Å². The SMILES string of the molecule is CCCCCCCOc1ccc(-c2cnc(-c3ccc(C[C@H](NC(=O)c4ccc(C(C)(C)C)cc4)C(=O)NC(Cc4c[nH]c5c4CCC=N5)C(=O)O)cc3)nc2)cc1. The summed E-state index contributed by atoms with van der Waals surface area (Å²) in [4.78, 5) is 56.7. The number of rotatable bonds is 18. The maximum absolute atomic E-state index is 13.9. The molecule has 2 atom stereocenters. The van der Waals surface area contributed by atoms with Crippen molar-refractivity contribution in [3.05, 3.63) is 119 Å². The minimum Gasteiger partial charge on any atom is -0.494 e. The van der Waals surface area contributed by atoms with Crippen molar-refractivity contribution in [3.63, 3.8) is 0 Å². The summed E-state index contributed by atoms with van der Waals surface area (Å²) in [6, 6.07) is 20.4. The largest absolute Gasteiger partial charge is 0.494 e. The van der Waals surface area contributed by atoms with E-state index in [-0.39, 0.29) is 18.3 Å². The number of aromatic amines is 1. The second kappa shape index (κ2) is 19.4. The molecule has 0 spiro atoms. The quantitative estimate of drug-likeness (QED) is 0.0648. The number of unbranched alkanes of at least 4 members (excludes halogenated alkanes) is 4. The Labute approximate surface area is 340 Å². The zero-order chi connectivity index (χ0) is 41.1. The van der Waals surface area contributed by atoms with Crippen molar-refractivity contribution >= 4 is 29.8 Å². The lowest BCUT2D eigenvalue weighted by atomic mass is 9.86. The molecule has 0 saturated carbocycles. The number of nitrogens with zero attached hydrogens (tertiary/aromatic N) is 3. The van der Waals surface area contributed by atoms with Crippen LogP contribution in [0.1, 0.15) is 98.8 Å². The lowest BCUT2D eigenvalue weighted by Gasteiger charge is -2.23. The molecule has 3 heterocycles. The van der Waals surface area contributed by atoms with Crippen molar-refractivity contribution in [2.24, 2.45) is 4.99 Å². The Balaban J connectivity index is 1.13. The Morgan fingerprint density at radius 1 is 0.810 bits per heavy atom. The number of carbonyl (C=O) groups excluding carboxylic acids is 2. The first-order valence-corrected chi connectivity index (χ1v) is 20.3. The van der Waals surface area contributed by atoms with E-state index in [1.165, 1.54) is 25.7 Å². The summed E-state index contributed by atoms with van der Waals surface area (Å²) >= 11 is 0. The van der Waals surface area contributed by atoms with Crippen LogP contribution < -0.4 is 15.4 Å². The number of hydrogen-bond donors (Lipinski definition) is 4. The number of aliphatic imine (C=N–C) groups is 1. The number of nitrogens with one attached hydrogen (secondary N) is 3. The molecule has 4 N–H and O–H groups in total. The molecule has 302 valence electrons. The predicted octanol–water partition coefficient (Wildman–Crippen LogP) is 8.59. The molecule has 0 fully saturated rings. The Kier molecular flexibility index (Phi) is 13.9. The highest BCUT2D eigenvalue weighted by Gasteiger charge is 2.29. The highest BCUT2D eigenvalue weighted by Crippen LogP contribution is 2.28. The van der Waals surface area contributed by atoms with Crippen LogP contribution >= 0.6 is 0 Å².